The van der Waals surface area contributed by atoms with Gasteiger partial charge in [0.2, 0.25) is 0 Å². The Balaban J connectivity index is 1.69. The standard InChI is InChI=1S/C15H16N2O5S/c1-10-3-5-13(6-4-10)23(19,20)21-9-12-8-17-11(2)7-14(18)16-15(17)22-12/h3-7,12H,8-9H2,1-2H3/t12-/m0/s1. The monoisotopic (exact) mass is 336 g/mol. The molecular formula is C15H16N2O5S. The SMILES string of the molecule is Cc1ccc(S(=O)(=O)OC[C@@H]2Cn3c(C)cc(=O)nc3O2)cc1. The maximum atomic E-state index is 12.1. The van der Waals surface area contributed by atoms with Crippen molar-refractivity contribution in [3.05, 3.63) is 51.9 Å². The van der Waals surface area contributed by atoms with E-state index >= 15 is 0 Å². The van der Waals surface area contributed by atoms with Gasteiger partial charge in [0.05, 0.1) is 11.4 Å². The van der Waals surface area contributed by atoms with Crippen molar-refractivity contribution in [1.29, 1.82) is 0 Å². The van der Waals surface area contributed by atoms with Crippen molar-refractivity contribution in [1.82, 2.24) is 9.55 Å². The third kappa shape index (κ3) is 3.27. The topological polar surface area (TPSA) is 87.5 Å². The van der Waals surface area contributed by atoms with Crippen LogP contribution in [0.5, 0.6) is 6.01 Å². The van der Waals surface area contributed by atoms with Gasteiger partial charge in [-0.3, -0.25) is 13.5 Å². The largest absolute Gasteiger partial charge is 0.457 e. The van der Waals surface area contributed by atoms with Crippen LogP contribution in [0.25, 0.3) is 0 Å². The molecule has 3 rings (SSSR count). The van der Waals surface area contributed by atoms with Crippen LogP contribution in [-0.4, -0.2) is 30.7 Å². The Labute approximate surface area is 133 Å². The van der Waals surface area contributed by atoms with Crippen LogP contribution in [0.3, 0.4) is 0 Å². The Kier molecular flexibility index (Phi) is 3.95. The zero-order chi connectivity index (χ0) is 16.6. The minimum atomic E-state index is -3.84. The first-order valence-electron chi connectivity index (χ1n) is 7.06. The van der Waals surface area contributed by atoms with E-state index in [1.165, 1.54) is 18.2 Å². The number of fused-ring (bicyclic) bond motifs is 1. The summed E-state index contributed by atoms with van der Waals surface area (Å²) in [6.45, 7) is 3.88. The summed E-state index contributed by atoms with van der Waals surface area (Å²) in [6, 6.07) is 8.00. The molecule has 1 atom stereocenters. The Morgan fingerprint density at radius 3 is 2.70 bits per heavy atom. The average molecular weight is 336 g/mol. The maximum Gasteiger partial charge on any atom is 0.300 e. The summed E-state index contributed by atoms with van der Waals surface area (Å²) in [6.07, 6.45) is -0.511. The quantitative estimate of drug-likeness (QED) is 0.775. The first kappa shape index (κ1) is 15.7. The van der Waals surface area contributed by atoms with Gasteiger partial charge in [-0.1, -0.05) is 17.7 Å². The van der Waals surface area contributed by atoms with Crippen LogP contribution in [-0.2, 0) is 20.8 Å². The van der Waals surface area contributed by atoms with Crippen molar-refractivity contribution >= 4 is 10.1 Å². The Bertz CT molecular complexity index is 887. The number of hydrogen-bond acceptors (Lipinski definition) is 6. The highest BCUT2D eigenvalue weighted by Crippen LogP contribution is 2.21. The highest BCUT2D eigenvalue weighted by molar-refractivity contribution is 7.86. The number of ether oxygens (including phenoxy) is 1. The van der Waals surface area contributed by atoms with Gasteiger partial charge in [-0.15, -0.1) is 0 Å². The highest BCUT2D eigenvalue weighted by atomic mass is 32.2. The third-order valence-corrected chi connectivity index (χ3v) is 4.87. The van der Waals surface area contributed by atoms with Gasteiger partial charge >= 0.3 is 0 Å². The number of hydrogen-bond donors (Lipinski definition) is 0. The molecule has 0 radical (unpaired) electrons. The molecule has 1 aromatic carbocycles. The van der Waals surface area contributed by atoms with E-state index in [4.69, 9.17) is 8.92 Å². The summed E-state index contributed by atoms with van der Waals surface area (Å²) in [5.41, 5.74) is 1.29. The van der Waals surface area contributed by atoms with Gasteiger partial charge in [-0.25, -0.2) is 0 Å². The second-order valence-electron chi connectivity index (χ2n) is 5.42. The third-order valence-electron chi connectivity index (χ3n) is 3.57. The van der Waals surface area contributed by atoms with Gasteiger partial charge in [0, 0.05) is 11.8 Å². The number of nitrogens with zero attached hydrogens (tertiary/aromatic N) is 2. The van der Waals surface area contributed by atoms with Crippen molar-refractivity contribution in [3.8, 4) is 6.01 Å². The summed E-state index contributed by atoms with van der Waals surface area (Å²) in [7, 11) is -3.84. The highest BCUT2D eigenvalue weighted by Gasteiger charge is 2.27. The van der Waals surface area contributed by atoms with Crippen molar-refractivity contribution in [2.45, 2.75) is 31.4 Å². The molecule has 0 fully saturated rings. The van der Waals surface area contributed by atoms with E-state index in [-0.39, 0.29) is 23.1 Å². The molecule has 1 aliphatic heterocycles. The van der Waals surface area contributed by atoms with E-state index in [9.17, 15) is 13.2 Å². The molecule has 1 aromatic heterocycles. The number of benzene rings is 1. The molecule has 0 spiro atoms. The Hall–Kier alpha value is -2.19. The number of aromatic nitrogens is 2. The average Bonchev–Trinajstić information content (AvgIpc) is 2.89. The van der Waals surface area contributed by atoms with Crippen LogP contribution in [0.4, 0.5) is 0 Å². The number of rotatable bonds is 4. The van der Waals surface area contributed by atoms with Crippen LogP contribution in [0.1, 0.15) is 11.3 Å². The predicted octanol–water partition coefficient (Wildman–Crippen LogP) is 1.03. The molecule has 0 N–H and O–H groups in total. The van der Waals surface area contributed by atoms with Gasteiger partial charge in [-0.05, 0) is 26.0 Å². The van der Waals surface area contributed by atoms with Crippen LogP contribution in [0.2, 0.25) is 0 Å². The summed E-state index contributed by atoms with van der Waals surface area (Å²) >= 11 is 0. The summed E-state index contributed by atoms with van der Waals surface area (Å²) in [4.78, 5) is 15.2. The van der Waals surface area contributed by atoms with Crippen molar-refractivity contribution in [2.24, 2.45) is 0 Å². The lowest BCUT2D eigenvalue weighted by atomic mass is 10.2. The zero-order valence-electron chi connectivity index (χ0n) is 12.7. The van der Waals surface area contributed by atoms with Gasteiger partial charge in [0.15, 0.2) is 0 Å². The molecule has 0 unspecified atom stereocenters. The molecule has 0 saturated carbocycles. The molecule has 0 aliphatic carbocycles. The lowest BCUT2D eigenvalue weighted by Crippen LogP contribution is -2.24. The lowest BCUT2D eigenvalue weighted by molar-refractivity contribution is 0.147. The van der Waals surface area contributed by atoms with Gasteiger partial charge in [0.1, 0.15) is 12.7 Å². The van der Waals surface area contributed by atoms with E-state index in [2.05, 4.69) is 4.98 Å². The maximum absolute atomic E-state index is 12.1. The normalized spacial score (nSPS) is 16.9. The first-order chi connectivity index (χ1) is 10.8. The van der Waals surface area contributed by atoms with Gasteiger partial charge < -0.3 is 4.74 Å². The molecule has 122 valence electrons. The molecule has 2 aromatic rings. The molecular weight excluding hydrogens is 320 g/mol. The minimum Gasteiger partial charge on any atom is -0.457 e. The summed E-state index contributed by atoms with van der Waals surface area (Å²) < 4.78 is 36.6. The predicted molar refractivity (Wildman–Crippen MR) is 82.0 cm³/mol. The summed E-state index contributed by atoms with van der Waals surface area (Å²) in [5, 5.41) is 0. The molecule has 2 heterocycles. The minimum absolute atomic E-state index is 0.0995. The first-order valence-corrected chi connectivity index (χ1v) is 8.47. The van der Waals surface area contributed by atoms with E-state index in [1.807, 2.05) is 6.92 Å². The zero-order valence-corrected chi connectivity index (χ0v) is 13.5. The lowest BCUT2D eigenvalue weighted by Gasteiger charge is -2.10. The second kappa shape index (κ2) is 5.78. The molecule has 0 bridgehead atoms. The Morgan fingerprint density at radius 1 is 1.30 bits per heavy atom. The van der Waals surface area contributed by atoms with Crippen molar-refractivity contribution in [2.75, 3.05) is 6.61 Å². The van der Waals surface area contributed by atoms with Crippen LogP contribution < -0.4 is 10.3 Å². The second-order valence-corrected chi connectivity index (χ2v) is 7.04. The van der Waals surface area contributed by atoms with Crippen LogP contribution in [0.15, 0.2) is 40.0 Å². The molecule has 7 nitrogen and oxygen atoms in total. The molecule has 0 amide bonds. The fraction of sp³-hybridized carbons (Fsp3) is 0.333. The smallest absolute Gasteiger partial charge is 0.300 e. The molecule has 8 heteroatoms. The number of aryl methyl sites for hydroxylation is 2. The van der Waals surface area contributed by atoms with E-state index < -0.39 is 16.2 Å². The molecule has 0 saturated heterocycles. The molecule has 1 aliphatic rings. The fourth-order valence-corrected chi connectivity index (χ4v) is 3.26. The van der Waals surface area contributed by atoms with Gasteiger partial charge in [0.25, 0.3) is 21.7 Å². The van der Waals surface area contributed by atoms with Crippen LogP contribution >= 0.6 is 0 Å². The Morgan fingerprint density at radius 2 is 2.00 bits per heavy atom. The van der Waals surface area contributed by atoms with Crippen molar-refractivity contribution in [3.63, 3.8) is 0 Å². The summed E-state index contributed by atoms with van der Waals surface area (Å²) in [5.74, 6) is 0. The van der Waals surface area contributed by atoms with E-state index in [1.54, 1.807) is 23.6 Å². The fourth-order valence-electron chi connectivity index (χ4n) is 2.32. The molecule has 23 heavy (non-hydrogen) atoms. The van der Waals surface area contributed by atoms with Gasteiger partial charge in [-0.2, -0.15) is 13.4 Å². The van der Waals surface area contributed by atoms with Crippen molar-refractivity contribution < 1.29 is 17.3 Å². The van der Waals surface area contributed by atoms with E-state index in [0.717, 1.165) is 5.56 Å². The van der Waals surface area contributed by atoms with E-state index in [0.29, 0.717) is 12.2 Å². The van der Waals surface area contributed by atoms with Crippen LogP contribution in [0, 0.1) is 13.8 Å².